The van der Waals surface area contributed by atoms with E-state index in [-0.39, 0.29) is 24.5 Å². The first-order valence-corrected chi connectivity index (χ1v) is 10.5. The molecular weight excluding hydrogens is 380 g/mol. The topological polar surface area (TPSA) is 67.9 Å². The summed E-state index contributed by atoms with van der Waals surface area (Å²) in [6.45, 7) is 7.83. The highest BCUT2D eigenvalue weighted by Crippen LogP contribution is 2.18. The number of carbonyl (C=O) groups is 2. The number of carbonyl (C=O) groups excluding carboxylic acids is 2. The zero-order valence-electron chi connectivity index (χ0n) is 17.9. The SMILES string of the molecule is CCOc1ccc(OCC(=O)NC2CCN(C(=O)c3ccc(C)c(C)c3)CC2)cc1. The van der Waals surface area contributed by atoms with E-state index in [9.17, 15) is 9.59 Å². The van der Waals surface area contributed by atoms with Gasteiger partial charge in [0.25, 0.3) is 11.8 Å². The Morgan fingerprint density at radius 1 is 0.967 bits per heavy atom. The molecule has 2 aromatic carbocycles. The van der Waals surface area contributed by atoms with Gasteiger partial charge < -0.3 is 19.7 Å². The van der Waals surface area contributed by atoms with E-state index in [4.69, 9.17) is 9.47 Å². The van der Waals surface area contributed by atoms with Gasteiger partial charge in [0.05, 0.1) is 6.61 Å². The average molecular weight is 411 g/mol. The van der Waals surface area contributed by atoms with Gasteiger partial charge in [0, 0.05) is 24.7 Å². The third-order valence-electron chi connectivity index (χ3n) is 5.41. The minimum Gasteiger partial charge on any atom is -0.494 e. The van der Waals surface area contributed by atoms with E-state index in [1.165, 1.54) is 5.56 Å². The van der Waals surface area contributed by atoms with Crippen molar-refractivity contribution in [1.82, 2.24) is 10.2 Å². The van der Waals surface area contributed by atoms with E-state index in [1.807, 2.05) is 56.0 Å². The van der Waals surface area contributed by atoms with Gasteiger partial charge in [-0.15, -0.1) is 0 Å². The molecule has 1 heterocycles. The van der Waals surface area contributed by atoms with Crippen molar-refractivity contribution in [3.05, 3.63) is 59.2 Å². The second-order valence-electron chi connectivity index (χ2n) is 7.63. The van der Waals surface area contributed by atoms with Crippen molar-refractivity contribution in [2.24, 2.45) is 0 Å². The summed E-state index contributed by atoms with van der Waals surface area (Å²) in [5.74, 6) is 1.31. The molecule has 0 atom stereocenters. The molecule has 1 fully saturated rings. The Bertz CT molecular complexity index is 871. The van der Waals surface area contributed by atoms with Crippen molar-refractivity contribution in [2.75, 3.05) is 26.3 Å². The summed E-state index contributed by atoms with van der Waals surface area (Å²) in [5, 5.41) is 3.01. The molecule has 0 bridgehead atoms. The van der Waals surface area contributed by atoms with E-state index in [1.54, 1.807) is 12.1 Å². The molecule has 3 rings (SSSR count). The fourth-order valence-corrected chi connectivity index (χ4v) is 3.50. The molecule has 6 nitrogen and oxygen atoms in total. The van der Waals surface area contributed by atoms with Crippen LogP contribution in [0.3, 0.4) is 0 Å². The highest BCUT2D eigenvalue weighted by molar-refractivity contribution is 5.94. The molecular formula is C24H30N2O4. The van der Waals surface area contributed by atoms with Crippen molar-refractivity contribution >= 4 is 11.8 Å². The normalized spacial score (nSPS) is 14.3. The number of likely N-dealkylation sites (tertiary alicyclic amines) is 1. The number of amides is 2. The molecule has 0 saturated carbocycles. The fraction of sp³-hybridized carbons (Fsp3) is 0.417. The number of piperidine rings is 1. The van der Waals surface area contributed by atoms with E-state index >= 15 is 0 Å². The lowest BCUT2D eigenvalue weighted by Crippen LogP contribution is -2.47. The van der Waals surface area contributed by atoms with Crippen LogP contribution in [0.15, 0.2) is 42.5 Å². The minimum atomic E-state index is -0.150. The van der Waals surface area contributed by atoms with Gasteiger partial charge in [-0.2, -0.15) is 0 Å². The van der Waals surface area contributed by atoms with Gasteiger partial charge in [0.15, 0.2) is 6.61 Å². The van der Waals surface area contributed by atoms with Crippen LogP contribution in [-0.2, 0) is 4.79 Å². The summed E-state index contributed by atoms with van der Waals surface area (Å²) in [5.41, 5.74) is 3.03. The predicted octanol–water partition coefficient (Wildman–Crippen LogP) is 3.50. The van der Waals surface area contributed by atoms with Gasteiger partial charge in [-0.3, -0.25) is 9.59 Å². The molecule has 1 N–H and O–H groups in total. The van der Waals surface area contributed by atoms with E-state index in [2.05, 4.69) is 5.32 Å². The molecule has 2 amide bonds. The molecule has 1 saturated heterocycles. The van der Waals surface area contributed by atoms with Crippen LogP contribution in [0, 0.1) is 13.8 Å². The van der Waals surface area contributed by atoms with Crippen molar-refractivity contribution in [3.63, 3.8) is 0 Å². The summed E-state index contributed by atoms with van der Waals surface area (Å²) in [7, 11) is 0. The van der Waals surface area contributed by atoms with Crippen LogP contribution in [0.1, 0.15) is 41.3 Å². The molecule has 0 aromatic heterocycles. The lowest BCUT2D eigenvalue weighted by molar-refractivity contribution is -0.124. The van der Waals surface area contributed by atoms with Crippen LogP contribution in [0.25, 0.3) is 0 Å². The van der Waals surface area contributed by atoms with Crippen LogP contribution in [0.4, 0.5) is 0 Å². The Kier molecular flexibility index (Phi) is 7.33. The van der Waals surface area contributed by atoms with E-state index in [0.717, 1.165) is 29.7 Å². The van der Waals surface area contributed by atoms with Crippen LogP contribution in [-0.4, -0.2) is 49.1 Å². The monoisotopic (exact) mass is 410 g/mol. The van der Waals surface area contributed by atoms with Crippen molar-refractivity contribution in [1.29, 1.82) is 0 Å². The molecule has 0 unspecified atom stereocenters. The molecule has 1 aliphatic heterocycles. The second kappa shape index (κ2) is 10.1. The predicted molar refractivity (Wildman–Crippen MR) is 116 cm³/mol. The molecule has 1 aliphatic rings. The zero-order valence-corrected chi connectivity index (χ0v) is 17.9. The minimum absolute atomic E-state index is 0.0320. The smallest absolute Gasteiger partial charge is 0.258 e. The number of ether oxygens (including phenoxy) is 2. The van der Waals surface area contributed by atoms with Crippen molar-refractivity contribution < 1.29 is 19.1 Å². The first-order chi connectivity index (χ1) is 14.5. The summed E-state index contributed by atoms with van der Waals surface area (Å²) >= 11 is 0. The Morgan fingerprint density at radius 2 is 1.60 bits per heavy atom. The van der Waals surface area contributed by atoms with E-state index in [0.29, 0.717) is 25.4 Å². The number of rotatable bonds is 7. The molecule has 160 valence electrons. The second-order valence-corrected chi connectivity index (χ2v) is 7.63. The van der Waals surface area contributed by atoms with Crippen LogP contribution in [0.2, 0.25) is 0 Å². The highest BCUT2D eigenvalue weighted by atomic mass is 16.5. The Hall–Kier alpha value is -3.02. The first kappa shape index (κ1) is 21.7. The molecule has 0 spiro atoms. The van der Waals surface area contributed by atoms with Crippen molar-refractivity contribution in [2.45, 2.75) is 39.7 Å². The number of aryl methyl sites for hydroxylation is 2. The molecule has 2 aromatic rings. The number of benzene rings is 2. The first-order valence-electron chi connectivity index (χ1n) is 10.5. The maximum Gasteiger partial charge on any atom is 0.258 e. The Balaban J connectivity index is 1.42. The highest BCUT2D eigenvalue weighted by Gasteiger charge is 2.24. The van der Waals surface area contributed by atoms with Crippen LogP contribution in [0.5, 0.6) is 11.5 Å². The third kappa shape index (κ3) is 5.75. The van der Waals surface area contributed by atoms with Gasteiger partial charge >= 0.3 is 0 Å². The number of hydrogen-bond donors (Lipinski definition) is 1. The van der Waals surface area contributed by atoms with Crippen LogP contribution >= 0.6 is 0 Å². The lowest BCUT2D eigenvalue weighted by atomic mass is 10.0. The average Bonchev–Trinajstić information content (AvgIpc) is 2.75. The summed E-state index contributed by atoms with van der Waals surface area (Å²) in [4.78, 5) is 26.8. The van der Waals surface area contributed by atoms with Gasteiger partial charge in [-0.25, -0.2) is 0 Å². The fourth-order valence-electron chi connectivity index (χ4n) is 3.50. The molecule has 0 radical (unpaired) electrons. The van der Waals surface area contributed by atoms with Crippen molar-refractivity contribution in [3.8, 4) is 11.5 Å². The quantitative estimate of drug-likeness (QED) is 0.759. The maximum absolute atomic E-state index is 12.7. The molecule has 0 aliphatic carbocycles. The largest absolute Gasteiger partial charge is 0.494 e. The Labute approximate surface area is 178 Å². The summed E-state index contributed by atoms with van der Waals surface area (Å²) in [6, 6.07) is 13.1. The van der Waals surface area contributed by atoms with Gasteiger partial charge in [0.1, 0.15) is 11.5 Å². The number of nitrogens with zero attached hydrogens (tertiary/aromatic N) is 1. The van der Waals surface area contributed by atoms with E-state index < -0.39 is 0 Å². The summed E-state index contributed by atoms with van der Waals surface area (Å²) < 4.78 is 10.9. The number of nitrogens with one attached hydrogen (secondary N) is 1. The lowest BCUT2D eigenvalue weighted by Gasteiger charge is -2.32. The molecule has 30 heavy (non-hydrogen) atoms. The standard InChI is InChI=1S/C24H30N2O4/c1-4-29-21-7-9-22(10-8-21)30-16-23(27)25-20-11-13-26(14-12-20)24(28)19-6-5-17(2)18(3)15-19/h5-10,15,20H,4,11-14,16H2,1-3H3,(H,25,27). The van der Waals surface area contributed by atoms with Crippen LogP contribution < -0.4 is 14.8 Å². The zero-order chi connectivity index (χ0) is 21.5. The Morgan fingerprint density at radius 3 is 2.20 bits per heavy atom. The third-order valence-corrected chi connectivity index (χ3v) is 5.41. The summed E-state index contributed by atoms with van der Waals surface area (Å²) in [6.07, 6.45) is 1.48. The maximum atomic E-state index is 12.7. The van der Waals surface area contributed by atoms with Gasteiger partial charge in [-0.1, -0.05) is 6.07 Å². The van der Waals surface area contributed by atoms with Gasteiger partial charge in [-0.05, 0) is 81.1 Å². The number of hydrogen-bond acceptors (Lipinski definition) is 4. The van der Waals surface area contributed by atoms with Gasteiger partial charge in [0.2, 0.25) is 0 Å². The molecule has 6 heteroatoms.